The molecule has 3 unspecified atom stereocenters. The maximum atomic E-state index is 7.73. The minimum Gasteiger partial charge on any atom is -0.377 e. The standard InChI is InChI=1S/C21H34N4O/c1-4-25-16-18(10-13-24-20(25)23)21(14-17(2)15-22)11-6-5-8-19(26-3)9-7-12-21/h5,7-8,12,15-17,19,22H,4,6,9-11,13-14H2,1-3H3,(H2,23,24)/b8-5+,12-7+,22-15?. The Hall–Kier alpha value is -1.88. The van der Waals surface area contributed by atoms with Crippen molar-refractivity contribution in [3.8, 4) is 0 Å². The molecule has 0 radical (unpaired) electrons. The van der Waals surface area contributed by atoms with Gasteiger partial charge in [0.25, 0.3) is 0 Å². The zero-order chi connectivity index (χ0) is 19.0. The van der Waals surface area contributed by atoms with Gasteiger partial charge >= 0.3 is 0 Å². The highest BCUT2D eigenvalue weighted by molar-refractivity contribution is 5.79. The summed E-state index contributed by atoms with van der Waals surface area (Å²) in [5.41, 5.74) is 7.42. The number of hydrogen-bond acceptors (Lipinski definition) is 5. The predicted molar refractivity (Wildman–Crippen MR) is 109 cm³/mol. The molecule has 1 heterocycles. The molecule has 3 N–H and O–H groups in total. The Balaban J connectivity index is 2.42. The zero-order valence-electron chi connectivity index (χ0n) is 16.4. The topological polar surface area (TPSA) is 74.7 Å². The number of allylic oxidation sites excluding steroid dienone is 2. The number of nitrogens with two attached hydrogens (primary N) is 1. The molecule has 1 aliphatic carbocycles. The van der Waals surface area contributed by atoms with Crippen molar-refractivity contribution in [3.63, 3.8) is 0 Å². The number of nitrogens with one attached hydrogen (secondary N) is 1. The molecule has 26 heavy (non-hydrogen) atoms. The second-order valence-electron chi connectivity index (χ2n) is 7.31. The summed E-state index contributed by atoms with van der Waals surface area (Å²) < 4.78 is 5.53. The SMILES string of the molecule is CCN1C=C(C2(CC(C)C=N)/C=C/CC(OC)/C=C/CC2)CCN=C1N. The number of methoxy groups -OCH3 is 1. The van der Waals surface area contributed by atoms with Gasteiger partial charge in [-0.2, -0.15) is 0 Å². The Morgan fingerprint density at radius 1 is 1.50 bits per heavy atom. The molecule has 1 aliphatic heterocycles. The highest BCUT2D eigenvalue weighted by Crippen LogP contribution is 2.43. The van der Waals surface area contributed by atoms with E-state index < -0.39 is 0 Å². The second kappa shape index (κ2) is 9.72. The summed E-state index contributed by atoms with van der Waals surface area (Å²) in [6, 6.07) is 0. The number of nitrogens with zero attached hydrogens (tertiary/aromatic N) is 2. The van der Waals surface area contributed by atoms with Crippen LogP contribution in [0.25, 0.3) is 0 Å². The molecule has 5 nitrogen and oxygen atoms in total. The average molecular weight is 359 g/mol. The number of ether oxygens (including phenoxy) is 1. The highest BCUT2D eigenvalue weighted by atomic mass is 16.5. The predicted octanol–water partition coefficient (Wildman–Crippen LogP) is 3.88. The maximum Gasteiger partial charge on any atom is 0.195 e. The lowest BCUT2D eigenvalue weighted by Gasteiger charge is -2.36. The van der Waals surface area contributed by atoms with E-state index >= 15 is 0 Å². The number of guanidine groups is 1. The first kappa shape index (κ1) is 20.4. The van der Waals surface area contributed by atoms with E-state index in [-0.39, 0.29) is 17.4 Å². The summed E-state index contributed by atoms with van der Waals surface area (Å²) in [7, 11) is 1.76. The van der Waals surface area contributed by atoms with Crippen molar-refractivity contribution in [2.24, 2.45) is 22.1 Å². The fourth-order valence-electron chi connectivity index (χ4n) is 3.89. The van der Waals surface area contributed by atoms with Crippen LogP contribution >= 0.6 is 0 Å². The Labute approximate surface area is 158 Å². The molecule has 5 heteroatoms. The van der Waals surface area contributed by atoms with Gasteiger partial charge in [0.1, 0.15) is 0 Å². The van der Waals surface area contributed by atoms with Crippen LogP contribution in [-0.4, -0.2) is 43.4 Å². The van der Waals surface area contributed by atoms with Crippen LogP contribution < -0.4 is 5.73 Å². The van der Waals surface area contributed by atoms with Gasteiger partial charge in [-0.05, 0) is 56.7 Å². The summed E-state index contributed by atoms with van der Waals surface area (Å²) >= 11 is 0. The van der Waals surface area contributed by atoms with Crippen molar-refractivity contribution >= 4 is 12.2 Å². The molecule has 0 saturated carbocycles. The first-order chi connectivity index (χ1) is 12.5. The van der Waals surface area contributed by atoms with Crippen LogP contribution in [0.3, 0.4) is 0 Å². The Morgan fingerprint density at radius 3 is 3.00 bits per heavy atom. The molecular weight excluding hydrogens is 324 g/mol. The zero-order valence-corrected chi connectivity index (χ0v) is 16.4. The van der Waals surface area contributed by atoms with Gasteiger partial charge in [-0.25, -0.2) is 0 Å². The van der Waals surface area contributed by atoms with Gasteiger partial charge in [0.15, 0.2) is 5.96 Å². The highest BCUT2D eigenvalue weighted by Gasteiger charge is 2.33. The van der Waals surface area contributed by atoms with Crippen LogP contribution in [0.15, 0.2) is 41.1 Å². The summed E-state index contributed by atoms with van der Waals surface area (Å²) in [5.74, 6) is 0.823. The van der Waals surface area contributed by atoms with E-state index in [2.05, 4.69) is 49.3 Å². The molecule has 3 atom stereocenters. The quantitative estimate of drug-likeness (QED) is 0.559. The molecule has 0 amide bonds. The van der Waals surface area contributed by atoms with E-state index in [4.69, 9.17) is 15.9 Å². The van der Waals surface area contributed by atoms with Crippen molar-refractivity contribution in [2.45, 2.75) is 52.1 Å². The van der Waals surface area contributed by atoms with E-state index in [0.29, 0.717) is 5.96 Å². The molecule has 0 aromatic carbocycles. The van der Waals surface area contributed by atoms with E-state index in [9.17, 15) is 0 Å². The van der Waals surface area contributed by atoms with Crippen molar-refractivity contribution in [3.05, 3.63) is 36.1 Å². The first-order valence-electron chi connectivity index (χ1n) is 9.70. The van der Waals surface area contributed by atoms with E-state index in [0.717, 1.165) is 45.2 Å². The third kappa shape index (κ3) is 5.07. The Kier molecular flexibility index (Phi) is 7.64. The van der Waals surface area contributed by atoms with Gasteiger partial charge in [0.2, 0.25) is 0 Å². The van der Waals surface area contributed by atoms with Crippen LogP contribution in [-0.2, 0) is 4.74 Å². The third-order valence-corrected chi connectivity index (χ3v) is 5.43. The number of hydrogen-bond donors (Lipinski definition) is 2. The summed E-state index contributed by atoms with van der Waals surface area (Å²) in [4.78, 5) is 6.55. The van der Waals surface area contributed by atoms with E-state index in [1.54, 1.807) is 13.3 Å². The molecule has 0 fully saturated rings. The van der Waals surface area contributed by atoms with Gasteiger partial charge in [-0.15, -0.1) is 0 Å². The molecule has 0 aromatic heterocycles. The fourth-order valence-corrected chi connectivity index (χ4v) is 3.89. The molecule has 0 spiro atoms. The molecule has 0 aromatic rings. The average Bonchev–Trinajstić information content (AvgIpc) is 2.77. The maximum absolute atomic E-state index is 7.73. The summed E-state index contributed by atoms with van der Waals surface area (Å²) in [5, 5.41) is 7.73. The number of rotatable bonds is 6. The molecule has 0 bridgehead atoms. The van der Waals surface area contributed by atoms with Crippen molar-refractivity contribution in [1.82, 2.24) is 4.90 Å². The lowest BCUT2D eigenvalue weighted by molar-refractivity contribution is 0.143. The lowest BCUT2D eigenvalue weighted by Crippen LogP contribution is -2.33. The number of aliphatic imine (C=N–C) groups is 1. The van der Waals surface area contributed by atoms with Crippen molar-refractivity contribution in [2.75, 3.05) is 20.2 Å². The van der Waals surface area contributed by atoms with Gasteiger partial charge in [-0.3, -0.25) is 4.99 Å². The van der Waals surface area contributed by atoms with Gasteiger partial charge in [-0.1, -0.05) is 31.2 Å². The lowest BCUT2D eigenvalue weighted by atomic mass is 9.69. The monoisotopic (exact) mass is 358 g/mol. The van der Waals surface area contributed by atoms with Crippen LogP contribution in [0.5, 0.6) is 0 Å². The van der Waals surface area contributed by atoms with Crippen LogP contribution in [0.2, 0.25) is 0 Å². The van der Waals surface area contributed by atoms with E-state index in [1.807, 2.05) is 4.90 Å². The summed E-state index contributed by atoms with van der Waals surface area (Å²) in [6.07, 6.45) is 17.7. The smallest absolute Gasteiger partial charge is 0.195 e. The summed E-state index contributed by atoms with van der Waals surface area (Å²) in [6.45, 7) is 5.76. The molecular formula is C21H34N4O. The Bertz CT molecular complexity index is 593. The van der Waals surface area contributed by atoms with Crippen molar-refractivity contribution in [1.29, 1.82) is 5.41 Å². The first-order valence-corrected chi connectivity index (χ1v) is 9.70. The third-order valence-electron chi connectivity index (χ3n) is 5.43. The molecule has 0 saturated heterocycles. The van der Waals surface area contributed by atoms with Gasteiger partial charge < -0.3 is 20.8 Å². The van der Waals surface area contributed by atoms with Crippen LogP contribution in [0, 0.1) is 16.7 Å². The van der Waals surface area contributed by atoms with Crippen LogP contribution in [0.4, 0.5) is 0 Å². The molecule has 2 aliphatic rings. The van der Waals surface area contributed by atoms with Crippen molar-refractivity contribution < 1.29 is 4.74 Å². The van der Waals surface area contributed by atoms with Gasteiger partial charge in [0.05, 0.1) is 6.10 Å². The van der Waals surface area contributed by atoms with Crippen LogP contribution in [0.1, 0.15) is 46.0 Å². The van der Waals surface area contributed by atoms with Gasteiger partial charge in [0, 0.05) is 31.8 Å². The Morgan fingerprint density at radius 2 is 2.31 bits per heavy atom. The minimum atomic E-state index is -0.0719. The second-order valence-corrected chi connectivity index (χ2v) is 7.31. The van der Waals surface area contributed by atoms with E-state index in [1.165, 1.54) is 5.57 Å². The fraction of sp³-hybridized carbons (Fsp3) is 0.619. The molecule has 2 rings (SSSR count). The normalized spacial score (nSPS) is 30.7. The molecule has 144 valence electrons. The minimum absolute atomic E-state index is 0.0719. The largest absolute Gasteiger partial charge is 0.377 e.